The van der Waals surface area contributed by atoms with Crippen molar-refractivity contribution < 1.29 is 9.59 Å². The van der Waals surface area contributed by atoms with Crippen LogP contribution in [0, 0.1) is 0 Å². The Kier molecular flexibility index (Phi) is 4.93. The Labute approximate surface area is 163 Å². The average molecular weight is 374 g/mol. The van der Waals surface area contributed by atoms with E-state index < -0.39 is 0 Å². The van der Waals surface area contributed by atoms with Gasteiger partial charge in [-0.3, -0.25) is 9.59 Å². The zero-order chi connectivity index (χ0) is 19.5. The van der Waals surface area contributed by atoms with Crippen LogP contribution in [-0.2, 0) is 22.4 Å². The number of amides is 2. The standard InChI is InChI=1S/C22H22N4O2/c1-16(25-13-11-23-15-25)22(28)24-19-8-6-17(7-9-19)14-21(27)26-12-10-18-4-2-3-5-20(18)26/h2-9,11,13,15-16H,10,12,14H2,1H3,(H,24,28)/t16-/m0/s1. The van der Waals surface area contributed by atoms with Gasteiger partial charge < -0.3 is 14.8 Å². The lowest BCUT2D eigenvalue weighted by Gasteiger charge is -2.17. The molecular weight excluding hydrogens is 352 g/mol. The van der Waals surface area contributed by atoms with Gasteiger partial charge in [0.25, 0.3) is 0 Å². The molecule has 1 aliphatic rings. The zero-order valence-corrected chi connectivity index (χ0v) is 15.7. The third-order valence-corrected chi connectivity index (χ3v) is 5.12. The van der Waals surface area contributed by atoms with Gasteiger partial charge in [-0.2, -0.15) is 0 Å². The number of benzene rings is 2. The van der Waals surface area contributed by atoms with E-state index in [4.69, 9.17) is 0 Å². The smallest absolute Gasteiger partial charge is 0.247 e. The number of carbonyl (C=O) groups is 2. The Bertz CT molecular complexity index is 980. The number of nitrogens with one attached hydrogen (secondary N) is 1. The third kappa shape index (κ3) is 3.67. The molecule has 0 unspecified atom stereocenters. The Morgan fingerprint density at radius 3 is 2.68 bits per heavy atom. The van der Waals surface area contributed by atoms with Gasteiger partial charge in [0.15, 0.2) is 0 Å². The van der Waals surface area contributed by atoms with E-state index in [0.717, 1.165) is 24.2 Å². The molecule has 1 N–H and O–H groups in total. The molecule has 0 aliphatic carbocycles. The number of imidazole rings is 1. The topological polar surface area (TPSA) is 67.2 Å². The fourth-order valence-corrected chi connectivity index (χ4v) is 3.45. The molecule has 28 heavy (non-hydrogen) atoms. The highest BCUT2D eigenvalue weighted by molar-refractivity contribution is 5.97. The Morgan fingerprint density at radius 1 is 1.14 bits per heavy atom. The van der Waals surface area contributed by atoms with Gasteiger partial charge in [-0.1, -0.05) is 30.3 Å². The molecule has 0 bridgehead atoms. The number of hydrogen-bond acceptors (Lipinski definition) is 3. The van der Waals surface area contributed by atoms with Gasteiger partial charge in [-0.25, -0.2) is 4.98 Å². The minimum Gasteiger partial charge on any atom is -0.325 e. The first-order chi connectivity index (χ1) is 13.6. The Balaban J connectivity index is 1.37. The number of carbonyl (C=O) groups excluding carboxylic acids is 2. The van der Waals surface area contributed by atoms with Gasteiger partial charge in [0, 0.05) is 30.3 Å². The molecule has 6 nitrogen and oxygen atoms in total. The zero-order valence-electron chi connectivity index (χ0n) is 15.7. The summed E-state index contributed by atoms with van der Waals surface area (Å²) in [5, 5.41) is 2.90. The molecule has 0 fully saturated rings. The van der Waals surface area contributed by atoms with Crippen molar-refractivity contribution in [1.82, 2.24) is 9.55 Å². The van der Waals surface area contributed by atoms with Crippen molar-refractivity contribution in [1.29, 1.82) is 0 Å². The Hall–Kier alpha value is -3.41. The maximum atomic E-state index is 12.7. The van der Waals surface area contributed by atoms with Crippen molar-refractivity contribution in [2.45, 2.75) is 25.8 Å². The second kappa shape index (κ2) is 7.68. The molecule has 4 rings (SSSR count). The number of fused-ring (bicyclic) bond motifs is 1. The van der Waals surface area contributed by atoms with Gasteiger partial charge in [0.1, 0.15) is 6.04 Å². The van der Waals surface area contributed by atoms with Gasteiger partial charge in [-0.05, 0) is 42.7 Å². The van der Waals surface area contributed by atoms with E-state index in [1.807, 2.05) is 54.3 Å². The fourth-order valence-electron chi connectivity index (χ4n) is 3.45. The van der Waals surface area contributed by atoms with E-state index in [1.165, 1.54) is 5.56 Å². The maximum Gasteiger partial charge on any atom is 0.247 e. The van der Waals surface area contributed by atoms with Crippen LogP contribution in [0.2, 0.25) is 0 Å². The summed E-state index contributed by atoms with van der Waals surface area (Å²) in [5.74, 6) is -0.0223. The molecule has 0 saturated carbocycles. The van der Waals surface area contributed by atoms with Crippen LogP contribution in [0.5, 0.6) is 0 Å². The molecule has 1 atom stereocenters. The summed E-state index contributed by atoms with van der Waals surface area (Å²) in [4.78, 5) is 30.9. The van der Waals surface area contributed by atoms with Gasteiger partial charge in [0.2, 0.25) is 11.8 Å². The summed E-state index contributed by atoms with van der Waals surface area (Å²) in [7, 11) is 0. The molecule has 2 heterocycles. The molecule has 0 spiro atoms. The number of nitrogens with zero attached hydrogens (tertiary/aromatic N) is 3. The number of hydrogen-bond donors (Lipinski definition) is 1. The molecule has 1 aliphatic heterocycles. The number of aromatic nitrogens is 2. The van der Waals surface area contributed by atoms with Crippen molar-refractivity contribution in [3.05, 3.63) is 78.4 Å². The van der Waals surface area contributed by atoms with E-state index in [2.05, 4.69) is 16.4 Å². The predicted molar refractivity (Wildman–Crippen MR) is 108 cm³/mol. The largest absolute Gasteiger partial charge is 0.325 e. The summed E-state index contributed by atoms with van der Waals surface area (Å²) >= 11 is 0. The van der Waals surface area contributed by atoms with Crippen LogP contribution in [0.3, 0.4) is 0 Å². The van der Waals surface area contributed by atoms with E-state index in [1.54, 1.807) is 23.3 Å². The summed E-state index contributed by atoms with van der Waals surface area (Å²) in [6.45, 7) is 2.55. The van der Waals surface area contributed by atoms with Crippen LogP contribution in [0.4, 0.5) is 11.4 Å². The van der Waals surface area contributed by atoms with Crippen LogP contribution < -0.4 is 10.2 Å². The molecule has 2 amide bonds. The number of para-hydroxylation sites is 1. The quantitative estimate of drug-likeness (QED) is 0.746. The first-order valence-electron chi connectivity index (χ1n) is 9.37. The van der Waals surface area contributed by atoms with E-state index in [0.29, 0.717) is 12.1 Å². The Morgan fingerprint density at radius 2 is 1.93 bits per heavy atom. The molecule has 142 valence electrons. The molecule has 2 aromatic carbocycles. The predicted octanol–water partition coefficient (Wildman–Crippen LogP) is 3.21. The van der Waals surface area contributed by atoms with Gasteiger partial charge >= 0.3 is 0 Å². The molecule has 0 saturated heterocycles. The highest BCUT2D eigenvalue weighted by Gasteiger charge is 2.24. The van der Waals surface area contributed by atoms with Crippen molar-refractivity contribution in [3.63, 3.8) is 0 Å². The first-order valence-corrected chi connectivity index (χ1v) is 9.37. The highest BCUT2D eigenvalue weighted by atomic mass is 16.2. The van der Waals surface area contributed by atoms with Crippen LogP contribution in [0.25, 0.3) is 0 Å². The SMILES string of the molecule is C[C@@H](C(=O)Nc1ccc(CC(=O)N2CCc3ccccc32)cc1)n1ccnc1. The monoisotopic (exact) mass is 374 g/mol. The second-order valence-corrected chi connectivity index (χ2v) is 6.97. The molecule has 6 heteroatoms. The third-order valence-electron chi connectivity index (χ3n) is 5.12. The normalized spacial score (nSPS) is 13.8. The minimum absolute atomic E-state index is 0.0930. The molecule has 0 radical (unpaired) electrons. The van der Waals surface area contributed by atoms with Crippen LogP contribution in [-0.4, -0.2) is 27.9 Å². The van der Waals surface area contributed by atoms with Crippen molar-refractivity contribution in [2.75, 3.05) is 16.8 Å². The molecule has 1 aromatic heterocycles. The van der Waals surface area contributed by atoms with Crippen LogP contribution >= 0.6 is 0 Å². The number of rotatable bonds is 5. The lowest BCUT2D eigenvalue weighted by molar-refractivity contribution is -0.119. The summed E-state index contributed by atoms with van der Waals surface area (Å²) in [5.41, 5.74) is 3.88. The lowest BCUT2D eigenvalue weighted by atomic mass is 10.1. The number of anilines is 2. The van der Waals surface area contributed by atoms with Crippen LogP contribution in [0.1, 0.15) is 24.1 Å². The van der Waals surface area contributed by atoms with E-state index in [9.17, 15) is 9.59 Å². The van der Waals surface area contributed by atoms with Crippen molar-refractivity contribution in [3.8, 4) is 0 Å². The van der Waals surface area contributed by atoms with Crippen molar-refractivity contribution >= 4 is 23.2 Å². The molecular formula is C22H22N4O2. The van der Waals surface area contributed by atoms with Gasteiger partial charge in [0.05, 0.1) is 12.7 Å². The minimum atomic E-state index is -0.348. The fraction of sp³-hybridized carbons (Fsp3) is 0.227. The maximum absolute atomic E-state index is 12.7. The highest BCUT2D eigenvalue weighted by Crippen LogP contribution is 2.28. The summed E-state index contributed by atoms with van der Waals surface area (Å²) in [6, 6.07) is 15.1. The van der Waals surface area contributed by atoms with E-state index >= 15 is 0 Å². The first kappa shape index (κ1) is 18.0. The average Bonchev–Trinajstić information content (AvgIpc) is 3.39. The van der Waals surface area contributed by atoms with Crippen molar-refractivity contribution in [2.24, 2.45) is 0 Å². The molecule has 3 aromatic rings. The second-order valence-electron chi connectivity index (χ2n) is 6.97. The summed E-state index contributed by atoms with van der Waals surface area (Å²) < 4.78 is 1.75. The van der Waals surface area contributed by atoms with Gasteiger partial charge in [-0.15, -0.1) is 0 Å². The van der Waals surface area contributed by atoms with E-state index in [-0.39, 0.29) is 17.9 Å². The van der Waals surface area contributed by atoms with Crippen LogP contribution in [0.15, 0.2) is 67.3 Å². The summed E-state index contributed by atoms with van der Waals surface area (Å²) in [6.07, 6.45) is 6.27. The lowest BCUT2D eigenvalue weighted by Crippen LogP contribution is -2.30.